The topological polar surface area (TPSA) is 60.4 Å². The highest BCUT2D eigenvalue weighted by atomic mass is 32.2. The molecule has 0 N–H and O–H groups in total. The Bertz CT molecular complexity index is 897. The predicted octanol–water partition coefficient (Wildman–Crippen LogP) is 3.95. The number of para-hydroxylation sites is 1. The van der Waals surface area contributed by atoms with E-state index in [4.69, 9.17) is 14.2 Å². The molecule has 2 aromatic carbocycles. The molecule has 0 unspecified atom stereocenters. The van der Waals surface area contributed by atoms with Gasteiger partial charge in [-0.1, -0.05) is 18.2 Å². The van der Waals surface area contributed by atoms with E-state index in [1.165, 1.54) is 11.8 Å². The fourth-order valence-corrected chi connectivity index (χ4v) is 3.68. The lowest BCUT2D eigenvalue weighted by atomic mass is 10.1. The van der Waals surface area contributed by atoms with Crippen LogP contribution in [0.2, 0.25) is 0 Å². The number of carbonyl (C=O) groups excluding carboxylic acids is 1. The third-order valence-corrected chi connectivity index (χ3v) is 5.12. The summed E-state index contributed by atoms with van der Waals surface area (Å²) >= 11 is 1.34. The summed E-state index contributed by atoms with van der Waals surface area (Å²) in [7, 11) is 4.80. The average Bonchev–Trinajstić information content (AvgIpc) is 3.01. The quantitative estimate of drug-likeness (QED) is 0.661. The Kier molecular flexibility index (Phi) is 6.73. The molecule has 0 radical (unpaired) electrons. The number of aliphatic imine (C=N–C) groups is 1. The third-order valence-electron chi connectivity index (χ3n) is 4.12. The summed E-state index contributed by atoms with van der Waals surface area (Å²) in [6.07, 6.45) is 1.82. The lowest BCUT2D eigenvalue weighted by Gasteiger charge is -2.14. The van der Waals surface area contributed by atoms with Gasteiger partial charge in [0, 0.05) is 18.7 Å². The van der Waals surface area contributed by atoms with Gasteiger partial charge in [-0.2, -0.15) is 0 Å². The van der Waals surface area contributed by atoms with Gasteiger partial charge in [0.25, 0.3) is 5.91 Å². The Morgan fingerprint density at radius 3 is 2.54 bits per heavy atom. The molecule has 7 heteroatoms. The maximum atomic E-state index is 13.0. The van der Waals surface area contributed by atoms with Crippen molar-refractivity contribution < 1.29 is 19.0 Å². The molecule has 1 saturated heterocycles. The molecular formula is C21H22N2O4S. The van der Waals surface area contributed by atoms with E-state index in [2.05, 4.69) is 4.99 Å². The molecule has 1 aliphatic heterocycles. The van der Waals surface area contributed by atoms with Gasteiger partial charge < -0.3 is 14.2 Å². The molecule has 0 saturated carbocycles. The molecular weight excluding hydrogens is 376 g/mol. The molecule has 1 aliphatic rings. The molecule has 0 aromatic heterocycles. The molecule has 2 aromatic rings. The number of amides is 1. The average molecular weight is 398 g/mol. The van der Waals surface area contributed by atoms with Gasteiger partial charge in [-0.3, -0.25) is 9.69 Å². The first-order chi connectivity index (χ1) is 13.7. The van der Waals surface area contributed by atoms with Gasteiger partial charge >= 0.3 is 0 Å². The summed E-state index contributed by atoms with van der Waals surface area (Å²) in [5.74, 6) is 1.23. The summed E-state index contributed by atoms with van der Waals surface area (Å²) < 4.78 is 15.8. The first kappa shape index (κ1) is 20.0. The number of methoxy groups -OCH3 is 3. The molecule has 28 heavy (non-hydrogen) atoms. The lowest BCUT2D eigenvalue weighted by Crippen LogP contribution is -2.32. The van der Waals surface area contributed by atoms with Crippen LogP contribution in [0.5, 0.6) is 11.5 Å². The van der Waals surface area contributed by atoms with Crippen molar-refractivity contribution >= 4 is 34.6 Å². The highest BCUT2D eigenvalue weighted by Gasteiger charge is 2.33. The summed E-state index contributed by atoms with van der Waals surface area (Å²) in [6, 6.07) is 15.1. The van der Waals surface area contributed by atoms with Crippen LogP contribution in [-0.4, -0.2) is 50.5 Å². The number of ether oxygens (including phenoxy) is 3. The van der Waals surface area contributed by atoms with Crippen LogP contribution in [0.25, 0.3) is 6.08 Å². The van der Waals surface area contributed by atoms with Crippen molar-refractivity contribution in [2.24, 2.45) is 4.99 Å². The van der Waals surface area contributed by atoms with Gasteiger partial charge in [-0.05, 0) is 42.1 Å². The number of thioether (sulfide) groups is 1. The number of nitrogens with zero attached hydrogens (tertiary/aromatic N) is 2. The van der Waals surface area contributed by atoms with Crippen molar-refractivity contribution in [2.75, 3.05) is 34.5 Å². The summed E-state index contributed by atoms with van der Waals surface area (Å²) in [5.41, 5.74) is 1.59. The second kappa shape index (κ2) is 9.43. The first-order valence-corrected chi connectivity index (χ1v) is 9.54. The van der Waals surface area contributed by atoms with Crippen molar-refractivity contribution in [1.82, 2.24) is 4.90 Å². The van der Waals surface area contributed by atoms with Gasteiger partial charge in [0.2, 0.25) is 0 Å². The minimum Gasteiger partial charge on any atom is -0.497 e. The number of hydrogen-bond donors (Lipinski definition) is 0. The molecule has 1 amide bonds. The summed E-state index contributed by atoms with van der Waals surface area (Å²) in [6.45, 7) is 0.865. The minimum atomic E-state index is -0.102. The van der Waals surface area contributed by atoms with Crippen molar-refractivity contribution in [1.29, 1.82) is 0 Å². The van der Waals surface area contributed by atoms with E-state index in [-0.39, 0.29) is 5.91 Å². The van der Waals surface area contributed by atoms with Crippen LogP contribution in [0.15, 0.2) is 58.4 Å². The molecule has 3 rings (SSSR count). The van der Waals surface area contributed by atoms with Gasteiger partial charge in [-0.15, -0.1) is 0 Å². The maximum absolute atomic E-state index is 13.0. The van der Waals surface area contributed by atoms with Crippen LogP contribution in [-0.2, 0) is 9.53 Å². The van der Waals surface area contributed by atoms with E-state index in [0.29, 0.717) is 34.7 Å². The Morgan fingerprint density at radius 2 is 1.86 bits per heavy atom. The smallest absolute Gasteiger partial charge is 0.266 e. The minimum absolute atomic E-state index is 0.102. The Hall–Kier alpha value is -2.77. The van der Waals surface area contributed by atoms with Crippen molar-refractivity contribution in [2.45, 2.75) is 0 Å². The second-order valence-electron chi connectivity index (χ2n) is 5.90. The summed E-state index contributed by atoms with van der Waals surface area (Å²) in [4.78, 5) is 19.8. The standard InChI is InChI=1S/C21H22N2O4S/c1-25-12-11-23-20(24)19(28-21(23)22-16-7-5-4-6-8-16)13-15-9-10-17(26-2)14-18(15)27-3/h4-10,13-14H,11-12H2,1-3H3/b19-13+,22-21?. The van der Waals surface area contributed by atoms with E-state index in [0.717, 1.165) is 11.3 Å². The summed E-state index contributed by atoms with van der Waals surface area (Å²) in [5, 5.41) is 0.631. The van der Waals surface area contributed by atoms with Crippen LogP contribution in [0.1, 0.15) is 5.56 Å². The van der Waals surface area contributed by atoms with E-state index in [1.54, 1.807) is 32.3 Å². The number of hydrogen-bond acceptors (Lipinski definition) is 6. The molecule has 0 spiro atoms. The van der Waals surface area contributed by atoms with Crippen LogP contribution < -0.4 is 9.47 Å². The zero-order valence-electron chi connectivity index (χ0n) is 16.0. The van der Waals surface area contributed by atoms with Crippen LogP contribution >= 0.6 is 11.8 Å². The van der Waals surface area contributed by atoms with E-state index < -0.39 is 0 Å². The molecule has 0 aliphatic carbocycles. The normalized spacial score (nSPS) is 16.8. The monoisotopic (exact) mass is 398 g/mol. The molecule has 0 atom stereocenters. The molecule has 146 valence electrons. The highest BCUT2D eigenvalue weighted by Crippen LogP contribution is 2.36. The zero-order valence-corrected chi connectivity index (χ0v) is 16.9. The highest BCUT2D eigenvalue weighted by molar-refractivity contribution is 8.18. The van der Waals surface area contributed by atoms with Crippen LogP contribution in [0, 0.1) is 0 Å². The number of benzene rings is 2. The molecule has 1 heterocycles. The predicted molar refractivity (Wildman–Crippen MR) is 112 cm³/mol. The lowest BCUT2D eigenvalue weighted by molar-refractivity contribution is -0.122. The molecule has 0 bridgehead atoms. The third kappa shape index (κ3) is 4.55. The molecule has 6 nitrogen and oxygen atoms in total. The van der Waals surface area contributed by atoms with Crippen molar-refractivity contribution in [3.63, 3.8) is 0 Å². The van der Waals surface area contributed by atoms with Crippen molar-refractivity contribution in [3.05, 3.63) is 59.0 Å². The Morgan fingerprint density at radius 1 is 1.07 bits per heavy atom. The van der Waals surface area contributed by atoms with Gasteiger partial charge in [0.05, 0.1) is 38.0 Å². The van der Waals surface area contributed by atoms with Gasteiger partial charge in [0.15, 0.2) is 5.17 Å². The Balaban J connectivity index is 1.95. The van der Waals surface area contributed by atoms with Crippen molar-refractivity contribution in [3.8, 4) is 11.5 Å². The Labute approximate surface area is 168 Å². The fourth-order valence-electron chi connectivity index (χ4n) is 2.66. The van der Waals surface area contributed by atoms with Gasteiger partial charge in [0.1, 0.15) is 11.5 Å². The van der Waals surface area contributed by atoms with Gasteiger partial charge in [-0.25, -0.2) is 4.99 Å². The van der Waals surface area contributed by atoms with Crippen LogP contribution in [0.3, 0.4) is 0 Å². The van der Waals surface area contributed by atoms with E-state index >= 15 is 0 Å². The zero-order chi connectivity index (χ0) is 19.9. The number of rotatable bonds is 7. The largest absolute Gasteiger partial charge is 0.497 e. The number of amidine groups is 1. The maximum Gasteiger partial charge on any atom is 0.266 e. The van der Waals surface area contributed by atoms with E-state index in [9.17, 15) is 4.79 Å². The number of carbonyl (C=O) groups is 1. The van der Waals surface area contributed by atoms with E-state index in [1.807, 2.05) is 48.5 Å². The fraction of sp³-hybridized carbons (Fsp3) is 0.238. The first-order valence-electron chi connectivity index (χ1n) is 8.72. The van der Waals surface area contributed by atoms with Crippen LogP contribution in [0.4, 0.5) is 5.69 Å². The second-order valence-corrected chi connectivity index (χ2v) is 6.91. The molecule has 1 fully saturated rings. The SMILES string of the molecule is COCCN1C(=O)/C(=C\c2ccc(OC)cc2OC)SC1=Nc1ccccc1.